The minimum absolute atomic E-state index is 0.248. The molecule has 1 fully saturated rings. The molecule has 12 heavy (non-hydrogen) atoms. The molecule has 0 N–H and O–H groups in total. The molecule has 2 unspecified atom stereocenters. The summed E-state index contributed by atoms with van der Waals surface area (Å²) in [5.74, 6) is 0. The van der Waals surface area contributed by atoms with Crippen LogP contribution in [0.1, 0.15) is 13.8 Å². The lowest BCUT2D eigenvalue weighted by Gasteiger charge is -2.19. The molecule has 1 rings (SSSR count). The van der Waals surface area contributed by atoms with Gasteiger partial charge in [0.15, 0.2) is 0 Å². The Morgan fingerprint density at radius 1 is 1.08 bits per heavy atom. The lowest BCUT2D eigenvalue weighted by Crippen LogP contribution is -2.29. The van der Waals surface area contributed by atoms with Crippen LogP contribution >= 0.6 is 0 Å². The summed E-state index contributed by atoms with van der Waals surface area (Å²) in [5, 5.41) is 0. The molecule has 0 amide bonds. The molecular weight excluding hydrogens is 154 g/mol. The van der Waals surface area contributed by atoms with Crippen molar-refractivity contribution in [1.82, 2.24) is 4.90 Å². The standard InChI is InChI=1S/C9H19NO2/c1-7(2)10-5-8(11-3)9(6-10)12-4/h7-9H,5-6H2,1-4H3. The molecule has 3 heteroatoms. The lowest BCUT2D eigenvalue weighted by atomic mass is 10.3. The third-order valence-corrected chi connectivity index (χ3v) is 2.58. The lowest BCUT2D eigenvalue weighted by molar-refractivity contribution is -0.00461. The minimum Gasteiger partial charge on any atom is -0.377 e. The van der Waals surface area contributed by atoms with Gasteiger partial charge in [-0.05, 0) is 13.8 Å². The number of methoxy groups -OCH3 is 2. The Hall–Kier alpha value is -0.120. The van der Waals surface area contributed by atoms with Gasteiger partial charge in [-0.3, -0.25) is 4.90 Å². The SMILES string of the molecule is COC1CN(C(C)C)CC1OC. The van der Waals surface area contributed by atoms with Gasteiger partial charge in [0.25, 0.3) is 0 Å². The molecule has 1 aliphatic heterocycles. The quantitative estimate of drug-likeness (QED) is 0.628. The monoisotopic (exact) mass is 173 g/mol. The van der Waals surface area contributed by atoms with Crippen molar-refractivity contribution in [3.8, 4) is 0 Å². The third kappa shape index (κ3) is 1.97. The number of hydrogen-bond acceptors (Lipinski definition) is 3. The van der Waals surface area contributed by atoms with Crippen LogP contribution in [-0.2, 0) is 9.47 Å². The second kappa shape index (κ2) is 4.21. The highest BCUT2D eigenvalue weighted by atomic mass is 16.5. The zero-order valence-corrected chi connectivity index (χ0v) is 8.41. The van der Waals surface area contributed by atoms with Gasteiger partial charge < -0.3 is 9.47 Å². The van der Waals surface area contributed by atoms with Crippen LogP contribution in [0.5, 0.6) is 0 Å². The molecule has 0 spiro atoms. The predicted molar refractivity (Wildman–Crippen MR) is 48.3 cm³/mol. The van der Waals surface area contributed by atoms with Crippen molar-refractivity contribution >= 4 is 0 Å². The molecule has 0 aliphatic carbocycles. The number of likely N-dealkylation sites (tertiary alicyclic amines) is 1. The van der Waals surface area contributed by atoms with Gasteiger partial charge >= 0.3 is 0 Å². The van der Waals surface area contributed by atoms with Crippen LogP contribution in [0.25, 0.3) is 0 Å². The van der Waals surface area contributed by atoms with E-state index in [1.165, 1.54) is 0 Å². The molecule has 0 radical (unpaired) electrons. The van der Waals surface area contributed by atoms with E-state index in [2.05, 4.69) is 18.7 Å². The van der Waals surface area contributed by atoms with E-state index in [1.807, 2.05) is 0 Å². The van der Waals surface area contributed by atoms with E-state index in [0.29, 0.717) is 6.04 Å². The summed E-state index contributed by atoms with van der Waals surface area (Å²) in [6.07, 6.45) is 0.495. The first-order valence-electron chi connectivity index (χ1n) is 4.48. The Bertz CT molecular complexity index is 126. The van der Waals surface area contributed by atoms with Gasteiger partial charge in [-0.25, -0.2) is 0 Å². The number of hydrogen-bond donors (Lipinski definition) is 0. The predicted octanol–water partition coefficient (Wildman–Crippen LogP) is 0.740. The van der Waals surface area contributed by atoms with Gasteiger partial charge in [0.2, 0.25) is 0 Å². The first-order valence-corrected chi connectivity index (χ1v) is 4.48. The van der Waals surface area contributed by atoms with Crippen LogP contribution in [0.2, 0.25) is 0 Å². The zero-order valence-electron chi connectivity index (χ0n) is 8.41. The molecule has 1 saturated heterocycles. The Labute approximate surface area is 74.6 Å². The Balaban J connectivity index is 2.47. The van der Waals surface area contributed by atoms with Crippen LogP contribution in [0, 0.1) is 0 Å². The maximum Gasteiger partial charge on any atom is 0.0971 e. The second-order valence-corrected chi connectivity index (χ2v) is 3.60. The van der Waals surface area contributed by atoms with E-state index >= 15 is 0 Å². The van der Waals surface area contributed by atoms with Gasteiger partial charge in [-0.15, -0.1) is 0 Å². The van der Waals surface area contributed by atoms with Crippen LogP contribution in [-0.4, -0.2) is 50.5 Å². The molecule has 0 saturated carbocycles. The average molecular weight is 173 g/mol. The third-order valence-electron chi connectivity index (χ3n) is 2.58. The zero-order chi connectivity index (χ0) is 9.14. The average Bonchev–Trinajstić information content (AvgIpc) is 2.46. The largest absolute Gasteiger partial charge is 0.377 e. The maximum absolute atomic E-state index is 5.33. The van der Waals surface area contributed by atoms with E-state index in [0.717, 1.165) is 13.1 Å². The second-order valence-electron chi connectivity index (χ2n) is 3.60. The molecule has 1 aliphatic rings. The summed E-state index contributed by atoms with van der Waals surface area (Å²) in [7, 11) is 3.50. The molecule has 72 valence electrons. The van der Waals surface area contributed by atoms with Crippen molar-refractivity contribution in [2.24, 2.45) is 0 Å². The molecule has 2 atom stereocenters. The highest BCUT2D eigenvalue weighted by molar-refractivity contribution is 4.86. The van der Waals surface area contributed by atoms with Crippen LogP contribution in [0.3, 0.4) is 0 Å². The van der Waals surface area contributed by atoms with Crippen molar-refractivity contribution < 1.29 is 9.47 Å². The molecule has 0 aromatic heterocycles. The van der Waals surface area contributed by atoms with Crippen LogP contribution in [0.15, 0.2) is 0 Å². The van der Waals surface area contributed by atoms with Crippen molar-refractivity contribution in [2.45, 2.75) is 32.1 Å². The Morgan fingerprint density at radius 2 is 1.50 bits per heavy atom. The van der Waals surface area contributed by atoms with Gasteiger partial charge in [0.05, 0.1) is 12.2 Å². The van der Waals surface area contributed by atoms with Crippen LogP contribution in [0.4, 0.5) is 0 Å². The number of nitrogens with zero attached hydrogens (tertiary/aromatic N) is 1. The summed E-state index contributed by atoms with van der Waals surface area (Å²) in [6, 6.07) is 0.586. The summed E-state index contributed by atoms with van der Waals surface area (Å²) >= 11 is 0. The van der Waals surface area contributed by atoms with Gasteiger partial charge in [0.1, 0.15) is 0 Å². The summed E-state index contributed by atoms with van der Waals surface area (Å²) in [4.78, 5) is 2.38. The van der Waals surface area contributed by atoms with Crippen molar-refractivity contribution in [1.29, 1.82) is 0 Å². The van der Waals surface area contributed by atoms with Crippen LogP contribution < -0.4 is 0 Å². The van der Waals surface area contributed by atoms with Gasteiger partial charge in [0, 0.05) is 33.4 Å². The highest BCUT2D eigenvalue weighted by Gasteiger charge is 2.33. The molecule has 1 heterocycles. The molecular formula is C9H19NO2. The van der Waals surface area contributed by atoms with E-state index in [4.69, 9.17) is 9.47 Å². The Morgan fingerprint density at radius 3 is 1.75 bits per heavy atom. The van der Waals surface area contributed by atoms with Gasteiger partial charge in [-0.2, -0.15) is 0 Å². The normalized spacial score (nSPS) is 31.8. The fourth-order valence-corrected chi connectivity index (χ4v) is 1.65. The molecule has 0 aromatic carbocycles. The van der Waals surface area contributed by atoms with Crippen molar-refractivity contribution in [3.05, 3.63) is 0 Å². The van der Waals surface area contributed by atoms with E-state index < -0.39 is 0 Å². The highest BCUT2D eigenvalue weighted by Crippen LogP contribution is 2.17. The molecule has 0 bridgehead atoms. The van der Waals surface area contributed by atoms with Gasteiger partial charge in [-0.1, -0.05) is 0 Å². The van der Waals surface area contributed by atoms with E-state index in [9.17, 15) is 0 Å². The summed E-state index contributed by atoms with van der Waals surface area (Å²) in [5.41, 5.74) is 0. The first-order chi connectivity index (χ1) is 5.69. The van der Waals surface area contributed by atoms with E-state index in [1.54, 1.807) is 14.2 Å². The fourth-order valence-electron chi connectivity index (χ4n) is 1.65. The molecule has 0 aromatic rings. The minimum atomic E-state index is 0.248. The van der Waals surface area contributed by atoms with Crippen molar-refractivity contribution in [3.63, 3.8) is 0 Å². The number of rotatable bonds is 3. The Kier molecular flexibility index (Phi) is 3.50. The van der Waals surface area contributed by atoms with E-state index in [-0.39, 0.29) is 12.2 Å². The summed E-state index contributed by atoms with van der Waals surface area (Å²) < 4.78 is 10.7. The topological polar surface area (TPSA) is 21.7 Å². The molecule has 3 nitrogen and oxygen atoms in total. The first kappa shape index (κ1) is 9.96. The smallest absolute Gasteiger partial charge is 0.0971 e. The maximum atomic E-state index is 5.33. The number of ether oxygens (including phenoxy) is 2. The fraction of sp³-hybridized carbons (Fsp3) is 1.00. The van der Waals surface area contributed by atoms with Crippen molar-refractivity contribution in [2.75, 3.05) is 27.3 Å². The summed E-state index contributed by atoms with van der Waals surface area (Å²) in [6.45, 7) is 6.38.